The molecule has 0 spiro atoms. The molecule has 0 saturated carbocycles. The third-order valence-electron chi connectivity index (χ3n) is 2.77. The molecule has 0 saturated heterocycles. The van der Waals surface area contributed by atoms with Gasteiger partial charge in [0.2, 0.25) is 0 Å². The number of aliphatic hydroxyl groups excluding tert-OH is 1. The van der Waals surface area contributed by atoms with Crippen LogP contribution in [0.4, 0.5) is 0 Å². The van der Waals surface area contributed by atoms with E-state index in [1.54, 1.807) is 12.1 Å². The lowest BCUT2D eigenvalue weighted by Crippen LogP contribution is -2.01. The molecule has 1 N–H and O–H groups in total. The first-order valence-electron chi connectivity index (χ1n) is 6.11. The van der Waals surface area contributed by atoms with Gasteiger partial charge in [0.25, 0.3) is 0 Å². The molecule has 1 aromatic carbocycles. The SMILES string of the molecule is O=c1cc(CO)c2ccc(OCCCCBr)cc2o1. The van der Waals surface area contributed by atoms with Crippen molar-refractivity contribution in [2.24, 2.45) is 0 Å². The van der Waals surface area contributed by atoms with Crippen LogP contribution in [-0.2, 0) is 6.61 Å². The summed E-state index contributed by atoms with van der Waals surface area (Å²) in [5.41, 5.74) is 0.541. The molecular formula is C14H15BrO4. The lowest BCUT2D eigenvalue weighted by atomic mass is 10.1. The average Bonchev–Trinajstić information content (AvgIpc) is 2.42. The van der Waals surface area contributed by atoms with Crippen molar-refractivity contribution in [2.45, 2.75) is 19.4 Å². The molecule has 19 heavy (non-hydrogen) atoms. The van der Waals surface area contributed by atoms with Gasteiger partial charge < -0.3 is 14.3 Å². The Labute approximate surface area is 119 Å². The third-order valence-corrected chi connectivity index (χ3v) is 3.33. The Bertz CT molecular complexity index is 606. The van der Waals surface area contributed by atoms with E-state index in [1.807, 2.05) is 6.07 Å². The summed E-state index contributed by atoms with van der Waals surface area (Å²) in [5.74, 6) is 0.667. The molecule has 0 aliphatic heterocycles. The fourth-order valence-corrected chi connectivity index (χ4v) is 2.21. The zero-order valence-electron chi connectivity index (χ0n) is 10.4. The summed E-state index contributed by atoms with van der Waals surface area (Å²) in [5, 5.41) is 10.9. The molecule has 1 aromatic heterocycles. The van der Waals surface area contributed by atoms with E-state index >= 15 is 0 Å². The third kappa shape index (κ3) is 3.58. The molecule has 0 amide bonds. The number of hydrogen-bond donors (Lipinski definition) is 1. The molecule has 2 rings (SSSR count). The first-order valence-corrected chi connectivity index (χ1v) is 7.23. The second kappa shape index (κ2) is 6.73. The molecule has 4 nitrogen and oxygen atoms in total. The highest BCUT2D eigenvalue weighted by molar-refractivity contribution is 9.09. The van der Waals surface area contributed by atoms with Crippen molar-refractivity contribution in [1.82, 2.24) is 0 Å². The maximum atomic E-state index is 11.3. The highest BCUT2D eigenvalue weighted by Gasteiger charge is 2.06. The summed E-state index contributed by atoms with van der Waals surface area (Å²) in [6.45, 7) is 0.439. The van der Waals surface area contributed by atoms with Gasteiger partial charge in [-0.2, -0.15) is 0 Å². The zero-order valence-corrected chi connectivity index (χ0v) is 12.0. The average molecular weight is 327 g/mol. The lowest BCUT2D eigenvalue weighted by molar-refractivity contribution is 0.282. The summed E-state index contributed by atoms with van der Waals surface area (Å²) in [6.07, 6.45) is 2.02. The van der Waals surface area contributed by atoms with Crippen LogP contribution in [0.25, 0.3) is 11.0 Å². The quantitative estimate of drug-likeness (QED) is 0.503. The van der Waals surface area contributed by atoms with Gasteiger partial charge in [-0.05, 0) is 30.5 Å². The summed E-state index contributed by atoms with van der Waals surface area (Å²) in [4.78, 5) is 11.3. The number of unbranched alkanes of at least 4 members (excludes halogenated alkanes) is 1. The van der Waals surface area contributed by atoms with Crippen molar-refractivity contribution < 1.29 is 14.3 Å². The van der Waals surface area contributed by atoms with Gasteiger partial charge in [0.15, 0.2) is 0 Å². The van der Waals surface area contributed by atoms with Gasteiger partial charge in [-0.1, -0.05) is 15.9 Å². The van der Waals surface area contributed by atoms with Gasteiger partial charge in [0.1, 0.15) is 11.3 Å². The summed E-state index contributed by atoms with van der Waals surface area (Å²) < 4.78 is 10.7. The minimum absolute atomic E-state index is 0.187. The van der Waals surface area contributed by atoms with E-state index in [2.05, 4.69) is 15.9 Å². The van der Waals surface area contributed by atoms with Crippen molar-refractivity contribution in [3.63, 3.8) is 0 Å². The molecule has 2 aromatic rings. The minimum Gasteiger partial charge on any atom is -0.493 e. The van der Waals surface area contributed by atoms with Crippen molar-refractivity contribution in [2.75, 3.05) is 11.9 Å². The zero-order chi connectivity index (χ0) is 13.7. The smallest absolute Gasteiger partial charge is 0.336 e. The minimum atomic E-state index is -0.465. The van der Waals surface area contributed by atoms with Gasteiger partial charge in [-0.15, -0.1) is 0 Å². The van der Waals surface area contributed by atoms with E-state index in [-0.39, 0.29) is 6.61 Å². The number of ether oxygens (including phenoxy) is 1. The molecule has 5 heteroatoms. The molecule has 0 aliphatic rings. The Balaban J connectivity index is 2.23. The van der Waals surface area contributed by atoms with Gasteiger partial charge in [-0.3, -0.25) is 0 Å². The van der Waals surface area contributed by atoms with Crippen LogP contribution in [-0.4, -0.2) is 17.0 Å². The molecule has 0 bridgehead atoms. The topological polar surface area (TPSA) is 59.7 Å². The van der Waals surface area contributed by atoms with Crippen molar-refractivity contribution in [3.05, 3.63) is 40.2 Å². The number of rotatable bonds is 6. The number of aliphatic hydroxyl groups is 1. The Morgan fingerprint density at radius 2 is 2.11 bits per heavy atom. The molecule has 0 aliphatic carbocycles. The Morgan fingerprint density at radius 3 is 2.84 bits per heavy atom. The monoisotopic (exact) mass is 326 g/mol. The van der Waals surface area contributed by atoms with Crippen molar-refractivity contribution in [3.8, 4) is 5.75 Å². The predicted molar refractivity (Wildman–Crippen MR) is 76.9 cm³/mol. The standard InChI is InChI=1S/C14H15BrO4/c15-5-1-2-6-18-11-3-4-12-10(9-16)7-14(17)19-13(12)8-11/h3-4,7-8,16H,1-2,5-6,9H2. The molecule has 0 unspecified atom stereocenters. The molecule has 0 fully saturated rings. The van der Waals surface area contributed by atoms with Crippen LogP contribution in [0.5, 0.6) is 5.75 Å². The second-order valence-electron chi connectivity index (χ2n) is 4.15. The van der Waals surface area contributed by atoms with E-state index in [0.29, 0.717) is 23.5 Å². The summed E-state index contributed by atoms with van der Waals surface area (Å²) >= 11 is 3.36. The van der Waals surface area contributed by atoms with Gasteiger partial charge in [0, 0.05) is 22.8 Å². The Morgan fingerprint density at radius 1 is 1.26 bits per heavy atom. The number of halogens is 1. The van der Waals surface area contributed by atoms with E-state index in [1.165, 1.54) is 6.07 Å². The Kier molecular flexibility index (Phi) is 4.99. The number of alkyl halides is 1. The van der Waals surface area contributed by atoms with Crippen molar-refractivity contribution in [1.29, 1.82) is 0 Å². The fraction of sp³-hybridized carbons (Fsp3) is 0.357. The molecule has 1 heterocycles. The maximum Gasteiger partial charge on any atom is 0.336 e. The van der Waals surface area contributed by atoms with E-state index in [4.69, 9.17) is 9.15 Å². The van der Waals surface area contributed by atoms with Gasteiger partial charge in [0.05, 0.1) is 13.2 Å². The molecule has 0 radical (unpaired) electrons. The van der Waals surface area contributed by atoms with Crippen LogP contribution in [0.3, 0.4) is 0 Å². The number of hydrogen-bond acceptors (Lipinski definition) is 4. The summed E-state index contributed by atoms with van der Waals surface area (Å²) in [6, 6.07) is 6.60. The summed E-state index contributed by atoms with van der Waals surface area (Å²) in [7, 11) is 0. The maximum absolute atomic E-state index is 11.3. The largest absolute Gasteiger partial charge is 0.493 e. The fourth-order valence-electron chi connectivity index (χ4n) is 1.82. The van der Waals surface area contributed by atoms with Crippen LogP contribution >= 0.6 is 15.9 Å². The number of fused-ring (bicyclic) bond motifs is 1. The first-order chi connectivity index (χ1) is 9.24. The molecular weight excluding hydrogens is 312 g/mol. The normalized spacial score (nSPS) is 10.8. The first kappa shape index (κ1) is 14.1. The lowest BCUT2D eigenvalue weighted by Gasteiger charge is -2.07. The van der Waals surface area contributed by atoms with Gasteiger partial charge >= 0.3 is 5.63 Å². The van der Waals surface area contributed by atoms with Crippen LogP contribution in [0.15, 0.2) is 33.5 Å². The van der Waals surface area contributed by atoms with E-state index < -0.39 is 5.63 Å². The van der Waals surface area contributed by atoms with Crippen LogP contribution in [0.1, 0.15) is 18.4 Å². The highest BCUT2D eigenvalue weighted by Crippen LogP contribution is 2.22. The van der Waals surface area contributed by atoms with E-state index in [9.17, 15) is 9.90 Å². The van der Waals surface area contributed by atoms with E-state index in [0.717, 1.165) is 23.6 Å². The highest BCUT2D eigenvalue weighted by atomic mass is 79.9. The van der Waals surface area contributed by atoms with Crippen LogP contribution in [0.2, 0.25) is 0 Å². The predicted octanol–water partition coefficient (Wildman–Crippen LogP) is 2.84. The Hall–Kier alpha value is -1.33. The van der Waals surface area contributed by atoms with Crippen LogP contribution < -0.4 is 10.4 Å². The number of benzene rings is 1. The second-order valence-corrected chi connectivity index (χ2v) is 4.94. The molecule has 0 atom stereocenters. The molecule has 102 valence electrons. The van der Waals surface area contributed by atoms with Gasteiger partial charge in [-0.25, -0.2) is 4.79 Å². The van der Waals surface area contributed by atoms with Crippen LogP contribution in [0, 0.1) is 0 Å². The van der Waals surface area contributed by atoms with Crippen molar-refractivity contribution >= 4 is 26.9 Å².